The molecule has 2 unspecified atom stereocenters. The summed E-state index contributed by atoms with van der Waals surface area (Å²) in [5.74, 6) is 0. The van der Waals surface area contributed by atoms with E-state index < -0.39 is 0 Å². The van der Waals surface area contributed by atoms with Crippen LogP contribution in [0.15, 0.2) is 30.3 Å². The van der Waals surface area contributed by atoms with E-state index in [1.54, 1.807) is 0 Å². The second kappa shape index (κ2) is 6.51. The molecule has 1 aromatic carbocycles. The van der Waals surface area contributed by atoms with Crippen molar-refractivity contribution in [1.82, 2.24) is 9.80 Å². The highest BCUT2D eigenvalue weighted by atomic mass is 15.3. The molecule has 2 atom stereocenters. The summed E-state index contributed by atoms with van der Waals surface area (Å²) < 4.78 is 0. The summed E-state index contributed by atoms with van der Waals surface area (Å²) in [6.45, 7) is 7.72. The normalized spacial score (nSPS) is 25.2. The molecule has 1 aromatic rings. The van der Waals surface area contributed by atoms with Crippen LogP contribution in [-0.2, 0) is 6.54 Å². The number of nitrogens with zero attached hydrogens (tertiary/aromatic N) is 2. The number of nitrogens with two attached hydrogens (primary N) is 1. The van der Waals surface area contributed by atoms with Crippen molar-refractivity contribution in [3.05, 3.63) is 35.9 Å². The highest BCUT2D eigenvalue weighted by Gasteiger charge is 2.31. The molecule has 0 aromatic heterocycles. The number of rotatable bonds is 4. The van der Waals surface area contributed by atoms with Crippen molar-refractivity contribution < 1.29 is 0 Å². The fourth-order valence-electron chi connectivity index (χ4n) is 2.94. The van der Waals surface area contributed by atoms with Gasteiger partial charge in [0, 0.05) is 31.2 Å². The monoisotopic (exact) mass is 261 g/mol. The van der Waals surface area contributed by atoms with Crippen molar-refractivity contribution in [3.8, 4) is 0 Å². The molecule has 0 amide bonds. The van der Waals surface area contributed by atoms with Crippen LogP contribution in [0.1, 0.15) is 25.8 Å². The Balaban J connectivity index is 2.11. The van der Waals surface area contributed by atoms with Crippen molar-refractivity contribution in [2.45, 2.75) is 44.9 Å². The van der Waals surface area contributed by atoms with Crippen LogP contribution in [0, 0.1) is 0 Å². The minimum atomic E-state index is 0.294. The minimum Gasteiger partial charge on any atom is -0.326 e. The van der Waals surface area contributed by atoms with Crippen LogP contribution in [0.2, 0.25) is 0 Å². The first-order valence-electron chi connectivity index (χ1n) is 7.31. The number of hydrogen-bond donors (Lipinski definition) is 1. The van der Waals surface area contributed by atoms with Gasteiger partial charge in [0.15, 0.2) is 0 Å². The van der Waals surface area contributed by atoms with Gasteiger partial charge in [0.2, 0.25) is 0 Å². The van der Waals surface area contributed by atoms with E-state index in [1.807, 2.05) is 0 Å². The second-order valence-electron chi connectivity index (χ2n) is 6.03. The molecule has 0 radical (unpaired) electrons. The van der Waals surface area contributed by atoms with E-state index in [4.69, 9.17) is 5.73 Å². The number of piperidine rings is 1. The predicted molar refractivity (Wildman–Crippen MR) is 81.0 cm³/mol. The summed E-state index contributed by atoms with van der Waals surface area (Å²) in [4.78, 5) is 4.95. The van der Waals surface area contributed by atoms with Crippen molar-refractivity contribution in [2.75, 3.05) is 20.1 Å². The van der Waals surface area contributed by atoms with E-state index in [0.29, 0.717) is 18.1 Å². The lowest BCUT2D eigenvalue weighted by atomic mass is 9.97. The first kappa shape index (κ1) is 14.5. The fraction of sp³-hybridized carbons (Fsp3) is 0.625. The first-order chi connectivity index (χ1) is 9.08. The van der Waals surface area contributed by atoms with Gasteiger partial charge in [-0.2, -0.15) is 0 Å². The van der Waals surface area contributed by atoms with Gasteiger partial charge in [-0.25, -0.2) is 0 Å². The Bertz CT molecular complexity index is 377. The van der Waals surface area contributed by atoms with Gasteiger partial charge in [-0.15, -0.1) is 0 Å². The van der Waals surface area contributed by atoms with Gasteiger partial charge in [-0.1, -0.05) is 30.3 Å². The molecule has 0 bridgehead atoms. The molecule has 2 N–H and O–H groups in total. The molecule has 2 rings (SSSR count). The Morgan fingerprint density at radius 3 is 2.63 bits per heavy atom. The number of likely N-dealkylation sites (tertiary alicyclic amines) is 1. The standard InChI is InChI=1S/C16H27N3/c1-13(2)19(11-14-7-5-4-6-8-14)16-12-18(3)10-9-15(16)17/h4-8,13,15-16H,9-12,17H2,1-3H3. The Kier molecular flexibility index (Phi) is 4.97. The Morgan fingerprint density at radius 2 is 2.00 bits per heavy atom. The summed E-state index contributed by atoms with van der Waals surface area (Å²) in [6, 6.07) is 12.0. The summed E-state index contributed by atoms with van der Waals surface area (Å²) in [5.41, 5.74) is 7.74. The van der Waals surface area contributed by atoms with E-state index in [0.717, 1.165) is 26.1 Å². The average molecular weight is 261 g/mol. The van der Waals surface area contributed by atoms with Crippen LogP contribution in [-0.4, -0.2) is 48.1 Å². The molecule has 1 aliphatic heterocycles. The van der Waals surface area contributed by atoms with Crippen molar-refractivity contribution in [1.29, 1.82) is 0 Å². The van der Waals surface area contributed by atoms with Crippen LogP contribution in [0.4, 0.5) is 0 Å². The molecule has 19 heavy (non-hydrogen) atoms. The van der Waals surface area contributed by atoms with Crippen molar-refractivity contribution in [3.63, 3.8) is 0 Å². The lowest BCUT2D eigenvalue weighted by Crippen LogP contribution is -2.58. The van der Waals surface area contributed by atoms with Gasteiger partial charge in [0.1, 0.15) is 0 Å². The van der Waals surface area contributed by atoms with Crippen LogP contribution < -0.4 is 5.73 Å². The van der Waals surface area contributed by atoms with Crippen LogP contribution in [0.5, 0.6) is 0 Å². The SMILES string of the molecule is CC(C)N(Cc1ccccc1)C1CN(C)CCC1N. The highest BCUT2D eigenvalue weighted by Crippen LogP contribution is 2.19. The van der Waals surface area contributed by atoms with Crippen molar-refractivity contribution >= 4 is 0 Å². The molecule has 0 spiro atoms. The smallest absolute Gasteiger partial charge is 0.0381 e. The third-order valence-corrected chi connectivity index (χ3v) is 4.13. The molecular formula is C16H27N3. The Labute approximate surface area is 117 Å². The van der Waals surface area contributed by atoms with E-state index in [2.05, 4.69) is 61.0 Å². The molecule has 1 heterocycles. The highest BCUT2D eigenvalue weighted by molar-refractivity contribution is 5.15. The minimum absolute atomic E-state index is 0.294. The van der Waals surface area contributed by atoms with E-state index >= 15 is 0 Å². The Hall–Kier alpha value is -0.900. The summed E-state index contributed by atoms with van der Waals surface area (Å²) in [5, 5.41) is 0. The van der Waals surface area contributed by atoms with Gasteiger partial charge >= 0.3 is 0 Å². The molecular weight excluding hydrogens is 234 g/mol. The fourth-order valence-corrected chi connectivity index (χ4v) is 2.94. The summed E-state index contributed by atoms with van der Waals surface area (Å²) in [6.07, 6.45) is 1.10. The molecule has 0 saturated carbocycles. The van der Waals surface area contributed by atoms with Gasteiger partial charge in [0.05, 0.1) is 0 Å². The number of benzene rings is 1. The molecule has 3 heteroatoms. The largest absolute Gasteiger partial charge is 0.326 e. The van der Waals surface area contributed by atoms with Gasteiger partial charge in [-0.3, -0.25) is 4.90 Å². The molecule has 1 aliphatic rings. The van der Waals surface area contributed by atoms with Crippen molar-refractivity contribution in [2.24, 2.45) is 5.73 Å². The van der Waals surface area contributed by atoms with E-state index in [-0.39, 0.29) is 0 Å². The second-order valence-corrected chi connectivity index (χ2v) is 6.03. The van der Waals surface area contributed by atoms with Crippen LogP contribution in [0.25, 0.3) is 0 Å². The van der Waals surface area contributed by atoms with E-state index in [1.165, 1.54) is 5.56 Å². The average Bonchev–Trinajstić information content (AvgIpc) is 2.40. The van der Waals surface area contributed by atoms with E-state index in [9.17, 15) is 0 Å². The third kappa shape index (κ3) is 3.78. The lowest BCUT2D eigenvalue weighted by Gasteiger charge is -2.43. The molecule has 106 valence electrons. The molecule has 0 aliphatic carbocycles. The number of likely N-dealkylation sites (N-methyl/N-ethyl adjacent to an activating group) is 1. The molecule has 1 fully saturated rings. The van der Waals surface area contributed by atoms with Gasteiger partial charge in [0.25, 0.3) is 0 Å². The predicted octanol–water partition coefficient (Wildman–Crippen LogP) is 1.93. The number of hydrogen-bond acceptors (Lipinski definition) is 3. The lowest BCUT2D eigenvalue weighted by molar-refractivity contribution is 0.0650. The zero-order chi connectivity index (χ0) is 13.8. The Morgan fingerprint density at radius 1 is 1.32 bits per heavy atom. The maximum Gasteiger partial charge on any atom is 0.0381 e. The molecule has 3 nitrogen and oxygen atoms in total. The van der Waals surface area contributed by atoms with Gasteiger partial charge < -0.3 is 10.6 Å². The summed E-state index contributed by atoms with van der Waals surface area (Å²) in [7, 11) is 2.19. The third-order valence-electron chi connectivity index (χ3n) is 4.13. The van der Waals surface area contributed by atoms with Gasteiger partial charge in [-0.05, 0) is 39.4 Å². The topological polar surface area (TPSA) is 32.5 Å². The quantitative estimate of drug-likeness (QED) is 0.899. The zero-order valence-electron chi connectivity index (χ0n) is 12.4. The maximum atomic E-state index is 6.37. The zero-order valence-corrected chi connectivity index (χ0v) is 12.4. The summed E-state index contributed by atoms with van der Waals surface area (Å²) >= 11 is 0. The van der Waals surface area contributed by atoms with Crippen LogP contribution in [0.3, 0.4) is 0 Å². The molecule has 1 saturated heterocycles. The maximum absolute atomic E-state index is 6.37. The first-order valence-corrected chi connectivity index (χ1v) is 7.31. The van der Waals surface area contributed by atoms with Crippen LogP contribution >= 0.6 is 0 Å².